The summed E-state index contributed by atoms with van der Waals surface area (Å²) in [5.41, 5.74) is 2.81. The van der Waals surface area contributed by atoms with E-state index in [-0.39, 0.29) is 6.04 Å². The molecular formula is C9H14N2O. The largest absolute Gasteiger partial charge is 0.468 e. The van der Waals surface area contributed by atoms with Gasteiger partial charge >= 0.3 is 0 Å². The number of hydrogen-bond donors (Lipinski definition) is 2. The number of hydrazine groups is 1. The van der Waals surface area contributed by atoms with E-state index in [9.17, 15) is 0 Å². The average Bonchev–Trinajstić information content (AvgIpc) is 2.47. The van der Waals surface area contributed by atoms with Gasteiger partial charge in [0, 0.05) is 0 Å². The Morgan fingerprint density at radius 2 is 2.42 bits per heavy atom. The number of nitrogens with two attached hydrogens (primary N) is 1. The Morgan fingerprint density at radius 3 is 2.83 bits per heavy atom. The van der Waals surface area contributed by atoms with Crippen LogP contribution in [0.1, 0.15) is 31.1 Å². The molecule has 1 atom stereocenters. The molecule has 66 valence electrons. The number of hydrogen-bond acceptors (Lipinski definition) is 3. The first-order valence-electron chi connectivity index (χ1n) is 4.41. The van der Waals surface area contributed by atoms with Crippen molar-refractivity contribution in [2.24, 2.45) is 11.8 Å². The molecule has 1 fully saturated rings. The molecular weight excluding hydrogens is 152 g/mol. The first-order valence-corrected chi connectivity index (χ1v) is 4.41. The van der Waals surface area contributed by atoms with Crippen molar-refractivity contribution in [3.8, 4) is 0 Å². The van der Waals surface area contributed by atoms with Gasteiger partial charge in [-0.2, -0.15) is 0 Å². The third-order valence-electron chi connectivity index (χ3n) is 2.65. The van der Waals surface area contributed by atoms with Crippen LogP contribution in [0.2, 0.25) is 0 Å². The smallest absolute Gasteiger partial charge is 0.122 e. The Bertz CT molecular complexity index is 229. The van der Waals surface area contributed by atoms with Crippen molar-refractivity contribution in [2.75, 3.05) is 0 Å². The first-order chi connectivity index (χ1) is 5.92. The number of furan rings is 1. The SMILES string of the molecule is NNC(c1ccco1)C1CCC1. The summed E-state index contributed by atoms with van der Waals surface area (Å²) in [5, 5.41) is 0. The van der Waals surface area contributed by atoms with E-state index < -0.39 is 0 Å². The highest BCUT2D eigenvalue weighted by Crippen LogP contribution is 2.37. The zero-order valence-electron chi connectivity index (χ0n) is 6.99. The lowest BCUT2D eigenvalue weighted by Gasteiger charge is -2.31. The third-order valence-corrected chi connectivity index (χ3v) is 2.65. The second-order valence-corrected chi connectivity index (χ2v) is 3.35. The van der Waals surface area contributed by atoms with Crippen molar-refractivity contribution in [2.45, 2.75) is 25.3 Å². The molecule has 0 bridgehead atoms. The molecule has 1 aliphatic rings. The van der Waals surface area contributed by atoms with Crippen LogP contribution in [0.15, 0.2) is 22.8 Å². The van der Waals surface area contributed by atoms with Gasteiger partial charge in [-0.15, -0.1) is 0 Å². The Labute approximate surface area is 71.9 Å². The van der Waals surface area contributed by atoms with Crippen LogP contribution in [0.5, 0.6) is 0 Å². The van der Waals surface area contributed by atoms with Crippen molar-refractivity contribution >= 4 is 0 Å². The topological polar surface area (TPSA) is 51.2 Å². The molecule has 12 heavy (non-hydrogen) atoms. The standard InChI is InChI=1S/C9H14N2O/c10-11-9(7-3-1-4-7)8-5-2-6-12-8/h2,5-7,9,11H,1,3-4,10H2. The summed E-state index contributed by atoms with van der Waals surface area (Å²) in [4.78, 5) is 0. The van der Waals surface area contributed by atoms with Crippen molar-refractivity contribution in [3.63, 3.8) is 0 Å². The van der Waals surface area contributed by atoms with Crippen LogP contribution < -0.4 is 11.3 Å². The second kappa shape index (κ2) is 3.29. The molecule has 1 heterocycles. The van der Waals surface area contributed by atoms with Crippen LogP contribution in [0.3, 0.4) is 0 Å². The average molecular weight is 166 g/mol. The van der Waals surface area contributed by atoms with E-state index >= 15 is 0 Å². The molecule has 1 saturated carbocycles. The van der Waals surface area contributed by atoms with E-state index in [1.165, 1.54) is 19.3 Å². The van der Waals surface area contributed by atoms with Gasteiger partial charge in [0.15, 0.2) is 0 Å². The molecule has 0 aliphatic heterocycles. The summed E-state index contributed by atoms with van der Waals surface area (Å²) < 4.78 is 5.30. The molecule has 1 aromatic rings. The minimum absolute atomic E-state index is 0.216. The molecule has 1 aromatic heterocycles. The lowest BCUT2D eigenvalue weighted by Crippen LogP contribution is -2.36. The highest BCUT2D eigenvalue weighted by Gasteiger charge is 2.29. The van der Waals surface area contributed by atoms with E-state index in [1.54, 1.807) is 6.26 Å². The minimum Gasteiger partial charge on any atom is -0.468 e. The van der Waals surface area contributed by atoms with E-state index in [1.807, 2.05) is 12.1 Å². The van der Waals surface area contributed by atoms with Gasteiger partial charge in [-0.25, -0.2) is 5.43 Å². The molecule has 3 N–H and O–H groups in total. The van der Waals surface area contributed by atoms with Crippen molar-refractivity contribution < 1.29 is 4.42 Å². The third kappa shape index (κ3) is 1.26. The molecule has 2 rings (SSSR count). The highest BCUT2D eigenvalue weighted by atomic mass is 16.3. The first kappa shape index (κ1) is 7.83. The molecule has 3 heteroatoms. The van der Waals surface area contributed by atoms with Crippen LogP contribution >= 0.6 is 0 Å². The summed E-state index contributed by atoms with van der Waals surface area (Å²) in [5.74, 6) is 7.09. The van der Waals surface area contributed by atoms with Crippen LogP contribution in [0.25, 0.3) is 0 Å². The predicted octanol–water partition coefficient (Wildman–Crippen LogP) is 1.58. The normalized spacial score (nSPS) is 20.4. The lowest BCUT2D eigenvalue weighted by molar-refractivity contribution is 0.209. The van der Waals surface area contributed by atoms with Crippen LogP contribution in [0, 0.1) is 5.92 Å². The van der Waals surface area contributed by atoms with E-state index in [4.69, 9.17) is 10.3 Å². The Morgan fingerprint density at radius 1 is 1.58 bits per heavy atom. The van der Waals surface area contributed by atoms with E-state index in [0.717, 1.165) is 5.76 Å². The number of rotatable bonds is 3. The zero-order valence-corrected chi connectivity index (χ0v) is 6.99. The van der Waals surface area contributed by atoms with Gasteiger partial charge in [0.25, 0.3) is 0 Å². The summed E-state index contributed by atoms with van der Waals surface area (Å²) in [6.45, 7) is 0. The molecule has 0 amide bonds. The summed E-state index contributed by atoms with van der Waals surface area (Å²) in [7, 11) is 0. The summed E-state index contributed by atoms with van der Waals surface area (Å²) in [6.07, 6.45) is 5.53. The fourth-order valence-corrected chi connectivity index (χ4v) is 1.69. The fraction of sp³-hybridized carbons (Fsp3) is 0.556. The molecule has 3 nitrogen and oxygen atoms in total. The van der Waals surface area contributed by atoms with Crippen LogP contribution in [-0.2, 0) is 0 Å². The quantitative estimate of drug-likeness (QED) is 0.529. The van der Waals surface area contributed by atoms with Gasteiger partial charge in [0.05, 0.1) is 12.3 Å². The molecule has 0 saturated heterocycles. The van der Waals surface area contributed by atoms with Gasteiger partial charge in [-0.1, -0.05) is 6.42 Å². The zero-order chi connectivity index (χ0) is 8.39. The van der Waals surface area contributed by atoms with Crippen LogP contribution in [-0.4, -0.2) is 0 Å². The van der Waals surface area contributed by atoms with Crippen molar-refractivity contribution in [1.29, 1.82) is 0 Å². The van der Waals surface area contributed by atoms with Crippen molar-refractivity contribution in [1.82, 2.24) is 5.43 Å². The Kier molecular flexibility index (Phi) is 2.15. The Hall–Kier alpha value is -0.800. The van der Waals surface area contributed by atoms with Gasteiger partial charge in [-0.3, -0.25) is 5.84 Å². The molecule has 0 aromatic carbocycles. The van der Waals surface area contributed by atoms with Gasteiger partial charge in [0.2, 0.25) is 0 Å². The molecule has 1 aliphatic carbocycles. The molecule has 1 unspecified atom stereocenters. The molecule has 0 radical (unpaired) electrons. The Balaban J connectivity index is 2.07. The second-order valence-electron chi connectivity index (χ2n) is 3.35. The van der Waals surface area contributed by atoms with E-state index in [0.29, 0.717) is 5.92 Å². The van der Waals surface area contributed by atoms with Crippen molar-refractivity contribution in [3.05, 3.63) is 24.2 Å². The maximum Gasteiger partial charge on any atom is 0.122 e. The minimum atomic E-state index is 0.216. The highest BCUT2D eigenvalue weighted by molar-refractivity contribution is 5.06. The summed E-state index contributed by atoms with van der Waals surface area (Å²) >= 11 is 0. The monoisotopic (exact) mass is 166 g/mol. The summed E-state index contributed by atoms with van der Waals surface area (Å²) in [6, 6.07) is 4.09. The number of nitrogens with one attached hydrogen (secondary N) is 1. The van der Waals surface area contributed by atoms with Crippen LogP contribution in [0.4, 0.5) is 0 Å². The predicted molar refractivity (Wildman–Crippen MR) is 46.1 cm³/mol. The lowest BCUT2D eigenvalue weighted by atomic mass is 9.79. The molecule has 0 spiro atoms. The van der Waals surface area contributed by atoms with E-state index in [2.05, 4.69) is 5.43 Å². The maximum atomic E-state index is 5.46. The fourth-order valence-electron chi connectivity index (χ4n) is 1.69. The maximum absolute atomic E-state index is 5.46. The van der Waals surface area contributed by atoms with Gasteiger partial charge in [0.1, 0.15) is 5.76 Å². The van der Waals surface area contributed by atoms with Gasteiger partial charge < -0.3 is 4.42 Å². The van der Waals surface area contributed by atoms with Gasteiger partial charge in [-0.05, 0) is 30.9 Å².